The minimum Gasteiger partial charge on any atom is -0.310 e. The smallest absolute Gasteiger partial charge is 0.0292 e. The standard InChI is InChI=1S/C13H21N/c1-11(14-10-13(2,3)4)12-8-6-5-7-9-12/h5-9,11,14H,10H2,1-4H3. The third-order valence-electron chi connectivity index (χ3n) is 2.24. The first-order valence-electron chi connectivity index (χ1n) is 5.27. The van der Waals surface area contributed by atoms with Crippen molar-refractivity contribution < 1.29 is 0 Å². The average molecular weight is 191 g/mol. The molecule has 1 rings (SSSR count). The van der Waals surface area contributed by atoms with Gasteiger partial charge < -0.3 is 5.32 Å². The van der Waals surface area contributed by atoms with Crippen molar-refractivity contribution in [1.29, 1.82) is 0 Å². The molecule has 1 nitrogen and oxygen atoms in total. The van der Waals surface area contributed by atoms with Crippen LogP contribution in [0.3, 0.4) is 0 Å². The van der Waals surface area contributed by atoms with Crippen molar-refractivity contribution in [1.82, 2.24) is 5.32 Å². The molecule has 1 atom stereocenters. The molecule has 0 aromatic heterocycles. The number of rotatable bonds is 3. The van der Waals surface area contributed by atoms with Crippen molar-refractivity contribution in [3.05, 3.63) is 35.9 Å². The number of nitrogens with one attached hydrogen (secondary N) is 1. The summed E-state index contributed by atoms with van der Waals surface area (Å²) >= 11 is 0. The number of benzene rings is 1. The zero-order valence-corrected chi connectivity index (χ0v) is 9.67. The van der Waals surface area contributed by atoms with Gasteiger partial charge >= 0.3 is 0 Å². The van der Waals surface area contributed by atoms with E-state index in [0.29, 0.717) is 11.5 Å². The predicted octanol–water partition coefficient (Wildman–Crippen LogP) is 3.38. The maximum Gasteiger partial charge on any atom is 0.0292 e. The van der Waals surface area contributed by atoms with E-state index in [1.807, 2.05) is 0 Å². The van der Waals surface area contributed by atoms with Crippen LogP contribution in [0.2, 0.25) is 0 Å². The molecule has 0 saturated carbocycles. The Kier molecular flexibility index (Phi) is 3.70. The second kappa shape index (κ2) is 4.61. The molecular formula is C13H21N. The van der Waals surface area contributed by atoms with Crippen LogP contribution in [0.4, 0.5) is 0 Å². The van der Waals surface area contributed by atoms with E-state index in [-0.39, 0.29) is 0 Å². The summed E-state index contributed by atoms with van der Waals surface area (Å²) in [4.78, 5) is 0. The lowest BCUT2D eigenvalue weighted by Crippen LogP contribution is -2.29. The van der Waals surface area contributed by atoms with Crippen molar-refractivity contribution >= 4 is 0 Å². The first-order valence-corrected chi connectivity index (χ1v) is 5.27. The lowest BCUT2D eigenvalue weighted by Gasteiger charge is -2.22. The van der Waals surface area contributed by atoms with Crippen molar-refractivity contribution in [2.24, 2.45) is 5.41 Å². The molecular weight excluding hydrogens is 170 g/mol. The summed E-state index contributed by atoms with van der Waals surface area (Å²) in [6.45, 7) is 10.00. The SMILES string of the molecule is CC(NCC(C)(C)C)c1ccccc1. The molecule has 0 aliphatic rings. The van der Waals surface area contributed by atoms with Crippen molar-refractivity contribution in [2.45, 2.75) is 33.7 Å². The zero-order chi connectivity index (χ0) is 10.6. The summed E-state index contributed by atoms with van der Waals surface area (Å²) < 4.78 is 0. The van der Waals surface area contributed by atoms with Gasteiger partial charge in [0.2, 0.25) is 0 Å². The minimum atomic E-state index is 0.350. The fraction of sp³-hybridized carbons (Fsp3) is 0.538. The lowest BCUT2D eigenvalue weighted by atomic mass is 9.96. The van der Waals surface area contributed by atoms with E-state index in [1.54, 1.807) is 0 Å². The molecule has 1 aromatic rings. The highest BCUT2D eigenvalue weighted by molar-refractivity contribution is 5.17. The molecule has 0 bridgehead atoms. The molecule has 14 heavy (non-hydrogen) atoms. The highest BCUT2D eigenvalue weighted by atomic mass is 14.9. The maximum absolute atomic E-state index is 3.54. The Balaban J connectivity index is 2.48. The van der Waals surface area contributed by atoms with E-state index in [1.165, 1.54) is 5.56 Å². The Morgan fingerprint density at radius 2 is 1.71 bits per heavy atom. The molecule has 0 spiro atoms. The Bertz CT molecular complexity index is 258. The fourth-order valence-electron chi connectivity index (χ4n) is 1.32. The van der Waals surface area contributed by atoms with E-state index < -0.39 is 0 Å². The van der Waals surface area contributed by atoms with Crippen LogP contribution in [0.15, 0.2) is 30.3 Å². The van der Waals surface area contributed by atoms with Gasteiger partial charge in [0.25, 0.3) is 0 Å². The Labute approximate surface area is 87.5 Å². The topological polar surface area (TPSA) is 12.0 Å². The monoisotopic (exact) mass is 191 g/mol. The summed E-state index contributed by atoms with van der Waals surface area (Å²) in [5, 5.41) is 3.54. The zero-order valence-electron chi connectivity index (χ0n) is 9.67. The van der Waals surface area contributed by atoms with Crippen LogP contribution >= 0.6 is 0 Å². The molecule has 0 radical (unpaired) electrons. The van der Waals surface area contributed by atoms with E-state index in [4.69, 9.17) is 0 Å². The number of hydrogen-bond acceptors (Lipinski definition) is 1. The Hall–Kier alpha value is -0.820. The number of hydrogen-bond donors (Lipinski definition) is 1. The molecule has 0 aliphatic carbocycles. The van der Waals surface area contributed by atoms with E-state index in [2.05, 4.69) is 63.3 Å². The van der Waals surface area contributed by atoms with Crippen LogP contribution in [-0.2, 0) is 0 Å². The van der Waals surface area contributed by atoms with E-state index in [9.17, 15) is 0 Å². The molecule has 0 amide bonds. The van der Waals surface area contributed by atoms with Crippen LogP contribution in [0, 0.1) is 5.41 Å². The van der Waals surface area contributed by atoms with Gasteiger partial charge in [0, 0.05) is 12.6 Å². The molecule has 1 N–H and O–H groups in total. The molecule has 1 heteroatoms. The van der Waals surface area contributed by atoms with Gasteiger partial charge in [-0.25, -0.2) is 0 Å². The van der Waals surface area contributed by atoms with Gasteiger partial charge in [0.15, 0.2) is 0 Å². The second-order valence-electron chi connectivity index (χ2n) is 5.07. The first kappa shape index (κ1) is 11.3. The van der Waals surface area contributed by atoms with Gasteiger partial charge in [0.1, 0.15) is 0 Å². The maximum atomic E-state index is 3.54. The van der Waals surface area contributed by atoms with Crippen LogP contribution in [0.1, 0.15) is 39.3 Å². The second-order valence-corrected chi connectivity index (χ2v) is 5.07. The fourth-order valence-corrected chi connectivity index (χ4v) is 1.32. The van der Waals surface area contributed by atoms with Gasteiger partial charge in [-0.05, 0) is 17.9 Å². The first-order chi connectivity index (χ1) is 6.49. The highest BCUT2D eigenvalue weighted by Gasteiger charge is 2.12. The van der Waals surface area contributed by atoms with Crippen molar-refractivity contribution in [3.8, 4) is 0 Å². The molecule has 1 unspecified atom stereocenters. The quantitative estimate of drug-likeness (QED) is 0.772. The van der Waals surface area contributed by atoms with Gasteiger partial charge in [-0.2, -0.15) is 0 Å². The lowest BCUT2D eigenvalue weighted by molar-refractivity contribution is 0.359. The third kappa shape index (κ3) is 3.93. The van der Waals surface area contributed by atoms with E-state index in [0.717, 1.165) is 6.54 Å². The molecule has 0 heterocycles. The van der Waals surface area contributed by atoms with Crippen LogP contribution < -0.4 is 5.32 Å². The Morgan fingerprint density at radius 1 is 1.14 bits per heavy atom. The summed E-state index contributed by atoms with van der Waals surface area (Å²) in [6.07, 6.45) is 0. The molecule has 0 aliphatic heterocycles. The van der Waals surface area contributed by atoms with E-state index >= 15 is 0 Å². The van der Waals surface area contributed by atoms with Gasteiger partial charge in [0.05, 0.1) is 0 Å². The predicted molar refractivity (Wildman–Crippen MR) is 62.3 cm³/mol. The molecule has 0 fully saturated rings. The third-order valence-corrected chi connectivity index (χ3v) is 2.24. The normalized spacial score (nSPS) is 14.0. The van der Waals surface area contributed by atoms with Crippen molar-refractivity contribution in [3.63, 3.8) is 0 Å². The van der Waals surface area contributed by atoms with Crippen LogP contribution in [-0.4, -0.2) is 6.54 Å². The summed E-state index contributed by atoms with van der Waals surface area (Å²) in [5.41, 5.74) is 1.71. The van der Waals surface area contributed by atoms with Gasteiger partial charge in [-0.1, -0.05) is 51.1 Å². The molecule has 78 valence electrons. The van der Waals surface area contributed by atoms with Crippen molar-refractivity contribution in [2.75, 3.05) is 6.54 Å². The summed E-state index contributed by atoms with van der Waals surface area (Å²) in [5.74, 6) is 0. The van der Waals surface area contributed by atoms with Gasteiger partial charge in [-0.15, -0.1) is 0 Å². The highest BCUT2D eigenvalue weighted by Crippen LogP contribution is 2.15. The molecule has 1 aromatic carbocycles. The Morgan fingerprint density at radius 3 is 2.21 bits per heavy atom. The summed E-state index contributed by atoms with van der Waals surface area (Å²) in [6, 6.07) is 11.0. The summed E-state index contributed by atoms with van der Waals surface area (Å²) in [7, 11) is 0. The minimum absolute atomic E-state index is 0.350. The largest absolute Gasteiger partial charge is 0.310 e. The van der Waals surface area contributed by atoms with Crippen LogP contribution in [0.25, 0.3) is 0 Å². The van der Waals surface area contributed by atoms with Crippen LogP contribution in [0.5, 0.6) is 0 Å². The van der Waals surface area contributed by atoms with Gasteiger partial charge in [-0.3, -0.25) is 0 Å². The molecule has 0 saturated heterocycles. The average Bonchev–Trinajstić information content (AvgIpc) is 2.14.